The van der Waals surface area contributed by atoms with Crippen LogP contribution in [0.5, 0.6) is 5.75 Å². The lowest BCUT2D eigenvalue weighted by Crippen LogP contribution is -2.41. The molecule has 0 aromatic heterocycles. The van der Waals surface area contributed by atoms with Crippen LogP contribution in [0.25, 0.3) is 0 Å². The van der Waals surface area contributed by atoms with Gasteiger partial charge in [-0.05, 0) is 103 Å². The largest absolute Gasteiger partial charge is 0.598 e. The van der Waals surface area contributed by atoms with Crippen LogP contribution >= 0.6 is 11.6 Å². The molecule has 2 rings (SSSR count). The van der Waals surface area contributed by atoms with E-state index in [1.165, 1.54) is 5.56 Å². The predicted octanol–water partition coefficient (Wildman–Crippen LogP) is 6.69. The third-order valence-corrected chi connectivity index (χ3v) is 7.85. The van der Waals surface area contributed by atoms with Gasteiger partial charge in [-0.3, -0.25) is 4.79 Å². The Morgan fingerprint density at radius 2 is 1.85 bits per heavy atom. The van der Waals surface area contributed by atoms with Crippen LogP contribution < -0.4 is 9.46 Å². The molecule has 1 aliphatic carbocycles. The van der Waals surface area contributed by atoms with Crippen LogP contribution in [0.1, 0.15) is 104 Å². The Balaban J connectivity index is 2.23. The maximum atomic E-state index is 13.0. The van der Waals surface area contributed by atoms with E-state index in [9.17, 15) is 9.35 Å². The van der Waals surface area contributed by atoms with E-state index in [-0.39, 0.29) is 16.8 Å². The summed E-state index contributed by atoms with van der Waals surface area (Å²) in [7, 11) is 1.63. The first kappa shape index (κ1) is 28.3. The van der Waals surface area contributed by atoms with Crippen LogP contribution in [-0.4, -0.2) is 28.0 Å². The van der Waals surface area contributed by atoms with Crippen molar-refractivity contribution in [1.29, 1.82) is 0 Å². The van der Waals surface area contributed by atoms with E-state index in [1.54, 1.807) is 7.11 Å². The van der Waals surface area contributed by atoms with Gasteiger partial charge in [-0.2, -0.15) is 0 Å². The number of hydrogen-bond acceptors (Lipinski definition) is 5. The molecule has 188 valence electrons. The van der Waals surface area contributed by atoms with Crippen molar-refractivity contribution in [2.75, 3.05) is 7.11 Å². The number of benzene rings is 1. The zero-order valence-corrected chi connectivity index (χ0v) is 23.0. The van der Waals surface area contributed by atoms with Gasteiger partial charge in [0.15, 0.2) is 0 Å². The van der Waals surface area contributed by atoms with Gasteiger partial charge in [0.25, 0.3) is 0 Å². The normalized spacial score (nSPS) is 21.1. The number of rotatable bonds is 6. The van der Waals surface area contributed by atoms with E-state index in [0.29, 0.717) is 23.1 Å². The molecule has 1 aromatic carbocycles. The Morgan fingerprint density at radius 1 is 1.15 bits per heavy atom. The van der Waals surface area contributed by atoms with Gasteiger partial charge in [-0.15, -0.1) is 4.72 Å². The average Bonchev–Trinajstić information content (AvgIpc) is 2.69. The molecular formula is C26H42ClNO4S. The molecule has 0 amide bonds. The highest BCUT2D eigenvalue weighted by Gasteiger charge is 2.32. The topological polar surface area (TPSA) is 70.6 Å². The van der Waals surface area contributed by atoms with Crippen LogP contribution in [0.3, 0.4) is 0 Å². The molecule has 5 nitrogen and oxygen atoms in total. The monoisotopic (exact) mass is 499 g/mol. The Kier molecular flexibility index (Phi) is 10.4. The maximum Gasteiger partial charge on any atom is 0.306 e. The summed E-state index contributed by atoms with van der Waals surface area (Å²) in [6.45, 7) is 11.6. The highest BCUT2D eigenvalue weighted by Crippen LogP contribution is 2.37. The van der Waals surface area contributed by atoms with Crippen LogP contribution in [0.2, 0.25) is 5.02 Å². The number of halogens is 1. The molecule has 7 heteroatoms. The first-order valence-corrected chi connectivity index (χ1v) is 13.6. The molecule has 1 N–H and O–H groups in total. The minimum atomic E-state index is -1.21. The van der Waals surface area contributed by atoms with Crippen molar-refractivity contribution in [2.24, 2.45) is 5.92 Å². The Morgan fingerprint density at radius 3 is 2.45 bits per heavy atom. The second kappa shape index (κ2) is 12.1. The molecule has 0 aliphatic heterocycles. The number of ether oxygens (including phenoxy) is 2. The molecular weight excluding hydrogens is 458 g/mol. The fraction of sp³-hybridized carbons (Fsp3) is 0.731. The molecule has 0 bridgehead atoms. The summed E-state index contributed by atoms with van der Waals surface area (Å²) in [4.78, 5) is 12.3. The van der Waals surface area contributed by atoms with Crippen molar-refractivity contribution < 1.29 is 18.8 Å². The summed E-state index contributed by atoms with van der Waals surface area (Å²) in [5.74, 6) is 0.978. The number of hydrogen-bond donors (Lipinski definition) is 1. The van der Waals surface area contributed by atoms with Crippen LogP contribution in [0.15, 0.2) is 12.1 Å². The number of nitrogens with one attached hydrogen (secondary N) is 1. The van der Waals surface area contributed by atoms with E-state index in [4.69, 9.17) is 21.1 Å². The lowest BCUT2D eigenvalue weighted by atomic mass is 9.85. The van der Waals surface area contributed by atoms with Crippen LogP contribution in [0.4, 0.5) is 0 Å². The van der Waals surface area contributed by atoms with Crippen molar-refractivity contribution in [3.05, 3.63) is 28.3 Å². The molecule has 33 heavy (non-hydrogen) atoms. The SMILES string of the molecule is COc1cc2c(cc1Cl)[C@H](N[S@+]([O-])C(C)(C)C)CCC(CCC(=O)OC(C)(C)C)CCCC2. The summed E-state index contributed by atoms with van der Waals surface area (Å²) in [6, 6.07) is 3.93. The number of carbonyl (C=O) groups excluding carboxylic acids is 1. The fourth-order valence-corrected chi connectivity index (χ4v) is 5.30. The molecule has 0 saturated heterocycles. The molecule has 1 unspecified atom stereocenters. The van der Waals surface area contributed by atoms with Crippen LogP contribution in [0, 0.1) is 5.92 Å². The summed E-state index contributed by atoms with van der Waals surface area (Å²) < 4.78 is 27.0. The Hall–Kier alpha value is -0.950. The van der Waals surface area contributed by atoms with Crippen LogP contribution in [-0.2, 0) is 27.3 Å². The zero-order chi connectivity index (χ0) is 24.8. The standard InChI is InChI=1S/C26H42ClNO4S/c1-25(2,3)32-24(29)15-13-18-10-8-9-11-19-16-23(31-7)21(27)17-20(19)22(14-12-18)28-33(30)26(4,5)6/h16-18,22,28H,8-15H2,1-7H3/t18?,22-,33-/m1/s1. The maximum absolute atomic E-state index is 13.0. The number of methoxy groups -OCH3 is 1. The van der Waals surface area contributed by atoms with Crippen molar-refractivity contribution in [3.8, 4) is 5.75 Å². The minimum Gasteiger partial charge on any atom is -0.598 e. The van der Waals surface area contributed by atoms with Gasteiger partial charge in [0.05, 0.1) is 18.2 Å². The van der Waals surface area contributed by atoms with Gasteiger partial charge in [0, 0.05) is 17.8 Å². The van der Waals surface area contributed by atoms with Gasteiger partial charge in [-0.25, -0.2) is 0 Å². The zero-order valence-electron chi connectivity index (χ0n) is 21.4. The molecule has 0 saturated carbocycles. The molecule has 3 atom stereocenters. The highest BCUT2D eigenvalue weighted by atomic mass is 35.5. The fourth-order valence-electron chi connectivity index (χ4n) is 4.19. The van der Waals surface area contributed by atoms with Gasteiger partial charge in [0.2, 0.25) is 0 Å². The summed E-state index contributed by atoms with van der Waals surface area (Å²) in [5, 5.41) is 0.572. The van der Waals surface area contributed by atoms with Crippen molar-refractivity contribution in [1.82, 2.24) is 4.72 Å². The van der Waals surface area contributed by atoms with E-state index in [0.717, 1.165) is 50.5 Å². The number of aryl methyl sites for hydroxylation is 1. The first-order valence-electron chi connectivity index (χ1n) is 12.1. The van der Waals surface area contributed by atoms with Gasteiger partial charge < -0.3 is 14.0 Å². The number of carbonyl (C=O) groups is 1. The summed E-state index contributed by atoms with van der Waals surface area (Å²) >= 11 is 5.29. The van der Waals surface area contributed by atoms with E-state index in [2.05, 4.69) is 4.72 Å². The van der Waals surface area contributed by atoms with Gasteiger partial charge in [0.1, 0.15) is 16.1 Å². The Bertz CT molecular complexity index is 788. The van der Waals surface area contributed by atoms with E-state index < -0.39 is 17.0 Å². The highest BCUT2D eigenvalue weighted by molar-refractivity contribution is 7.90. The lowest BCUT2D eigenvalue weighted by molar-refractivity contribution is -0.155. The summed E-state index contributed by atoms with van der Waals surface area (Å²) in [5.41, 5.74) is 1.85. The molecule has 0 fully saturated rings. The van der Waals surface area contributed by atoms with E-state index >= 15 is 0 Å². The number of fused-ring (bicyclic) bond motifs is 1. The smallest absolute Gasteiger partial charge is 0.306 e. The van der Waals surface area contributed by atoms with Crippen molar-refractivity contribution in [3.63, 3.8) is 0 Å². The van der Waals surface area contributed by atoms with Crippen molar-refractivity contribution in [2.45, 2.75) is 109 Å². The van der Waals surface area contributed by atoms with Crippen molar-refractivity contribution >= 4 is 28.9 Å². The van der Waals surface area contributed by atoms with E-state index in [1.807, 2.05) is 53.7 Å². The van der Waals surface area contributed by atoms with Gasteiger partial charge >= 0.3 is 5.97 Å². The molecule has 0 radical (unpaired) electrons. The average molecular weight is 500 g/mol. The first-order chi connectivity index (χ1) is 15.3. The molecule has 1 aromatic rings. The third-order valence-electron chi connectivity index (χ3n) is 5.94. The second-order valence-corrected chi connectivity index (χ2v) is 13.5. The number of esters is 1. The predicted molar refractivity (Wildman–Crippen MR) is 137 cm³/mol. The second-order valence-electron chi connectivity index (χ2n) is 11.1. The van der Waals surface area contributed by atoms with Gasteiger partial charge in [-0.1, -0.05) is 24.4 Å². The quantitative estimate of drug-likeness (QED) is 0.349. The minimum absolute atomic E-state index is 0.0782. The Labute approximate surface area is 208 Å². The molecule has 1 aliphatic rings. The lowest BCUT2D eigenvalue weighted by Gasteiger charge is -2.31. The molecule has 0 heterocycles. The molecule has 0 spiro atoms. The summed E-state index contributed by atoms with van der Waals surface area (Å²) in [6.07, 6.45) is 7.19. The third kappa shape index (κ3) is 9.31.